The van der Waals surface area contributed by atoms with Crippen LogP contribution in [0.15, 0.2) is 73.2 Å². The van der Waals surface area contributed by atoms with Crippen LogP contribution < -0.4 is 10.2 Å². The lowest BCUT2D eigenvalue weighted by Gasteiger charge is -2.22. The summed E-state index contributed by atoms with van der Waals surface area (Å²) < 4.78 is 27.6. The van der Waals surface area contributed by atoms with Crippen LogP contribution >= 0.6 is 11.6 Å². The molecule has 3 aromatic heterocycles. The third-order valence-corrected chi connectivity index (χ3v) is 5.60. The van der Waals surface area contributed by atoms with Crippen molar-refractivity contribution >= 4 is 34.6 Å². The fourth-order valence-corrected chi connectivity index (χ4v) is 3.87. The zero-order chi connectivity index (χ0) is 24.2. The molecule has 0 aliphatic carbocycles. The highest BCUT2D eigenvalue weighted by molar-refractivity contribution is 6.34. The summed E-state index contributed by atoms with van der Waals surface area (Å²) in [5, 5.41) is 3.02. The Hall–Kier alpha value is -3.78. The van der Waals surface area contributed by atoms with E-state index in [1.807, 2.05) is 41.1 Å². The number of pyridine rings is 2. The fraction of sp³-hybridized carbons (Fsp3) is 0.160. The molecular weight excluding hydrogens is 462 g/mol. The number of carbonyl (C=O) groups is 2. The summed E-state index contributed by atoms with van der Waals surface area (Å²) in [6.45, 7) is 0.837. The lowest BCUT2D eigenvalue weighted by atomic mass is 10.1. The molecule has 1 aromatic carbocycles. The first kappa shape index (κ1) is 23.4. The second-order valence-electron chi connectivity index (χ2n) is 7.68. The quantitative estimate of drug-likeness (QED) is 0.393. The van der Waals surface area contributed by atoms with Gasteiger partial charge in [-0.2, -0.15) is 0 Å². The predicted octanol–water partition coefficient (Wildman–Crippen LogP) is 5.20. The molecule has 0 radical (unpaired) electrons. The molecule has 0 saturated heterocycles. The van der Waals surface area contributed by atoms with E-state index in [1.165, 1.54) is 19.2 Å². The predicted molar refractivity (Wildman–Crippen MR) is 127 cm³/mol. The van der Waals surface area contributed by atoms with Crippen molar-refractivity contribution in [3.8, 4) is 11.3 Å². The van der Waals surface area contributed by atoms with Crippen molar-refractivity contribution < 1.29 is 18.4 Å². The molecule has 0 saturated carbocycles. The maximum atomic E-state index is 12.8. The second kappa shape index (κ2) is 10.0. The second-order valence-corrected chi connectivity index (χ2v) is 8.09. The summed E-state index contributed by atoms with van der Waals surface area (Å²) in [6, 6.07) is 15.9. The number of benzene rings is 1. The number of halogens is 3. The average Bonchev–Trinajstić information content (AvgIpc) is 3.29. The molecule has 4 aromatic rings. The zero-order valence-electron chi connectivity index (χ0n) is 18.2. The topological polar surface area (TPSA) is 66.7 Å². The van der Waals surface area contributed by atoms with Gasteiger partial charge in [0.1, 0.15) is 0 Å². The van der Waals surface area contributed by atoms with E-state index in [-0.39, 0.29) is 16.6 Å². The number of anilines is 1. The standard InChI is InChI=1S/C25H21ClF2N4O2/c1-16(33)32(15-24(27)28)23-9-6-18(11-21(23)26)22-8-5-19(13-29-22)25(34)30-12-17-4-7-20-3-2-10-31(20)14-17/h2-11,13-14,24H,12,15H2,1H3,(H,30,34). The van der Waals surface area contributed by atoms with Crippen molar-refractivity contribution in [3.05, 3.63) is 89.3 Å². The Balaban J connectivity index is 1.44. The number of carbonyl (C=O) groups excluding carboxylic acids is 2. The van der Waals surface area contributed by atoms with E-state index in [0.717, 1.165) is 16.0 Å². The van der Waals surface area contributed by atoms with E-state index >= 15 is 0 Å². The Morgan fingerprint density at radius 2 is 1.97 bits per heavy atom. The van der Waals surface area contributed by atoms with Gasteiger partial charge in [0.2, 0.25) is 5.91 Å². The third-order valence-electron chi connectivity index (χ3n) is 5.30. The van der Waals surface area contributed by atoms with Crippen LogP contribution in [0.1, 0.15) is 22.8 Å². The van der Waals surface area contributed by atoms with Crippen molar-refractivity contribution in [1.29, 1.82) is 0 Å². The van der Waals surface area contributed by atoms with Gasteiger partial charge in [-0.1, -0.05) is 23.7 Å². The molecule has 6 nitrogen and oxygen atoms in total. The van der Waals surface area contributed by atoms with Crippen LogP contribution in [-0.4, -0.2) is 34.2 Å². The molecule has 3 heterocycles. The van der Waals surface area contributed by atoms with E-state index < -0.39 is 18.9 Å². The molecule has 2 amide bonds. The first-order valence-electron chi connectivity index (χ1n) is 10.5. The van der Waals surface area contributed by atoms with Gasteiger partial charge in [-0.05, 0) is 48.0 Å². The average molecular weight is 483 g/mol. The molecule has 4 rings (SSSR count). The molecule has 0 fully saturated rings. The number of amides is 2. The Morgan fingerprint density at radius 3 is 2.65 bits per heavy atom. The summed E-state index contributed by atoms with van der Waals surface area (Å²) in [6.07, 6.45) is 2.68. The number of alkyl halides is 2. The molecule has 34 heavy (non-hydrogen) atoms. The van der Waals surface area contributed by atoms with Crippen LogP contribution in [0.4, 0.5) is 14.5 Å². The van der Waals surface area contributed by atoms with E-state index in [4.69, 9.17) is 11.6 Å². The molecule has 0 unspecified atom stereocenters. The number of fused-ring (bicyclic) bond motifs is 1. The molecule has 0 aliphatic rings. The SMILES string of the molecule is CC(=O)N(CC(F)F)c1ccc(-c2ccc(C(=O)NCc3ccc4cccn4c3)cn2)cc1Cl. The number of aromatic nitrogens is 2. The number of rotatable bonds is 7. The van der Waals surface area contributed by atoms with Crippen LogP contribution in [-0.2, 0) is 11.3 Å². The van der Waals surface area contributed by atoms with Crippen LogP contribution in [0.5, 0.6) is 0 Å². The van der Waals surface area contributed by atoms with E-state index in [0.29, 0.717) is 23.4 Å². The third kappa shape index (κ3) is 5.23. The Labute approximate surface area is 199 Å². The van der Waals surface area contributed by atoms with E-state index in [2.05, 4.69) is 10.3 Å². The summed E-state index contributed by atoms with van der Waals surface area (Å²) in [5.74, 6) is -0.791. The maximum absolute atomic E-state index is 12.8. The molecule has 0 atom stereocenters. The highest BCUT2D eigenvalue weighted by Gasteiger charge is 2.20. The van der Waals surface area contributed by atoms with E-state index in [9.17, 15) is 18.4 Å². The first-order valence-corrected chi connectivity index (χ1v) is 10.9. The molecular formula is C25H21ClF2N4O2. The molecule has 0 bridgehead atoms. The first-order chi connectivity index (χ1) is 16.3. The highest BCUT2D eigenvalue weighted by Crippen LogP contribution is 2.31. The lowest BCUT2D eigenvalue weighted by molar-refractivity contribution is -0.117. The number of nitrogens with zero attached hydrogens (tertiary/aromatic N) is 3. The number of nitrogens with one attached hydrogen (secondary N) is 1. The van der Waals surface area contributed by atoms with Gasteiger partial charge in [-0.3, -0.25) is 14.6 Å². The Kier molecular flexibility index (Phi) is 6.88. The molecule has 9 heteroatoms. The zero-order valence-corrected chi connectivity index (χ0v) is 19.0. The lowest BCUT2D eigenvalue weighted by Crippen LogP contribution is -2.33. The molecule has 0 spiro atoms. The Bertz CT molecular complexity index is 1340. The number of hydrogen-bond donors (Lipinski definition) is 1. The van der Waals surface area contributed by atoms with Crippen molar-refractivity contribution in [2.45, 2.75) is 19.9 Å². The minimum Gasteiger partial charge on any atom is -0.348 e. The Morgan fingerprint density at radius 1 is 1.15 bits per heavy atom. The van der Waals surface area contributed by atoms with Gasteiger partial charge < -0.3 is 14.6 Å². The minimum atomic E-state index is -2.68. The summed E-state index contributed by atoms with van der Waals surface area (Å²) in [4.78, 5) is 29.6. The summed E-state index contributed by atoms with van der Waals surface area (Å²) in [7, 11) is 0. The fourth-order valence-electron chi connectivity index (χ4n) is 3.59. The monoisotopic (exact) mass is 482 g/mol. The molecule has 1 N–H and O–H groups in total. The van der Waals surface area contributed by atoms with Gasteiger partial charge in [-0.15, -0.1) is 0 Å². The minimum absolute atomic E-state index is 0.150. The van der Waals surface area contributed by atoms with Gasteiger partial charge in [0.25, 0.3) is 12.3 Å². The molecule has 0 aliphatic heterocycles. The van der Waals surface area contributed by atoms with Crippen LogP contribution in [0.3, 0.4) is 0 Å². The summed E-state index contributed by atoms with van der Waals surface area (Å²) in [5.41, 5.74) is 3.81. The van der Waals surface area contributed by atoms with Gasteiger partial charge in [-0.25, -0.2) is 8.78 Å². The number of hydrogen-bond acceptors (Lipinski definition) is 3. The van der Waals surface area contributed by atoms with Crippen LogP contribution in [0, 0.1) is 0 Å². The van der Waals surface area contributed by atoms with Crippen molar-refractivity contribution in [2.75, 3.05) is 11.4 Å². The largest absolute Gasteiger partial charge is 0.348 e. The van der Waals surface area contributed by atoms with Crippen molar-refractivity contribution in [1.82, 2.24) is 14.7 Å². The maximum Gasteiger partial charge on any atom is 0.256 e. The van der Waals surface area contributed by atoms with Gasteiger partial charge in [0, 0.05) is 43.1 Å². The van der Waals surface area contributed by atoms with Crippen molar-refractivity contribution in [2.24, 2.45) is 0 Å². The van der Waals surface area contributed by atoms with Crippen molar-refractivity contribution in [3.63, 3.8) is 0 Å². The van der Waals surface area contributed by atoms with E-state index in [1.54, 1.807) is 24.3 Å². The van der Waals surface area contributed by atoms with Gasteiger partial charge in [0.05, 0.1) is 28.5 Å². The van der Waals surface area contributed by atoms with Crippen LogP contribution in [0.25, 0.3) is 16.8 Å². The summed E-state index contributed by atoms with van der Waals surface area (Å²) >= 11 is 6.28. The van der Waals surface area contributed by atoms with Gasteiger partial charge in [0.15, 0.2) is 0 Å². The highest BCUT2D eigenvalue weighted by atomic mass is 35.5. The van der Waals surface area contributed by atoms with Crippen LogP contribution in [0.2, 0.25) is 5.02 Å². The molecule has 174 valence electrons. The normalized spacial score (nSPS) is 11.1. The van der Waals surface area contributed by atoms with Gasteiger partial charge >= 0.3 is 0 Å². The smallest absolute Gasteiger partial charge is 0.256 e.